The molecule has 0 fully saturated rings. The van der Waals surface area contributed by atoms with Crippen molar-refractivity contribution in [1.29, 1.82) is 0 Å². The Balaban J connectivity index is 2.20. The van der Waals surface area contributed by atoms with Gasteiger partial charge in [-0.05, 0) is 49.8 Å². The highest BCUT2D eigenvalue weighted by Crippen LogP contribution is 2.23. The lowest BCUT2D eigenvalue weighted by molar-refractivity contribution is 0.195. The average molecular weight is 205 g/mol. The lowest BCUT2D eigenvalue weighted by Crippen LogP contribution is -2.05. The summed E-state index contributed by atoms with van der Waals surface area (Å²) in [6.45, 7) is 2.92. The van der Waals surface area contributed by atoms with Gasteiger partial charge in [0, 0.05) is 12.2 Å². The molecule has 0 amide bonds. The van der Waals surface area contributed by atoms with Gasteiger partial charge in [0.1, 0.15) is 0 Å². The summed E-state index contributed by atoms with van der Waals surface area (Å²) in [7, 11) is 0. The molecular weight excluding hydrogens is 186 g/mol. The molecule has 0 spiro atoms. The number of aliphatic hydroxyl groups excluding tert-OH is 1. The summed E-state index contributed by atoms with van der Waals surface area (Å²) in [5.41, 5.74) is 3.93. The third-order valence-electron chi connectivity index (χ3n) is 2.89. The Labute approximate surface area is 91.3 Å². The Bertz CT molecular complexity index is 333. The zero-order chi connectivity index (χ0) is 10.7. The van der Waals surface area contributed by atoms with Crippen molar-refractivity contribution in [3.05, 3.63) is 29.3 Å². The van der Waals surface area contributed by atoms with Gasteiger partial charge in [0.05, 0.1) is 6.10 Å². The highest BCUT2D eigenvalue weighted by Gasteiger charge is 2.08. The second-order valence-corrected chi connectivity index (χ2v) is 4.43. The highest BCUT2D eigenvalue weighted by atomic mass is 16.3. The van der Waals surface area contributed by atoms with Crippen LogP contribution in [-0.2, 0) is 12.8 Å². The highest BCUT2D eigenvalue weighted by molar-refractivity contribution is 5.53. The molecule has 0 bridgehead atoms. The van der Waals surface area contributed by atoms with Crippen LogP contribution in [-0.4, -0.2) is 17.8 Å². The first-order chi connectivity index (χ1) is 7.25. The first-order valence-corrected chi connectivity index (χ1v) is 5.79. The Hall–Kier alpha value is -1.02. The van der Waals surface area contributed by atoms with Crippen molar-refractivity contribution < 1.29 is 5.11 Å². The molecule has 0 saturated carbocycles. The van der Waals surface area contributed by atoms with Crippen molar-refractivity contribution in [3.63, 3.8) is 0 Å². The van der Waals surface area contributed by atoms with E-state index in [0.29, 0.717) is 0 Å². The molecule has 15 heavy (non-hydrogen) atoms. The molecule has 1 heterocycles. The van der Waals surface area contributed by atoms with Crippen molar-refractivity contribution in [2.24, 2.45) is 0 Å². The van der Waals surface area contributed by atoms with Gasteiger partial charge in [0.2, 0.25) is 0 Å². The number of benzene rings is 1. The number of rotatable bonds is 2. The Kier molecular flexibility index (Phi) is 3.27. The van der Waals surface area contributed by atoms with Crippen molar-refractivity contribution in [3.8, 4) is 0 Å². The minimum atomic E-state index is -0.248. The largest absolute Gasteiger partial charge is 0.393 e. The van der Waals surface area contributed by atoms with Crippen molar-refractivity contribution in [2.45, 2.75) is 38.7 Å². The number of nitrogens with one attached hydrogen (secondary N) is 1. The fourth-order valence-electron chi connectivity index (χ4n) is 2.16. The Morgan fingerprint density at radius 1 is 1.40 bits per heavy atom. The van der Waals surface area contributed by atoms with Crippen LogP contribution in [0.5, 0.6) is 0 Å². The summed E-state index contributed by atoms with van der Waals surface area (Å²) < 4.78 is 0. The SMILES string of the molecule is CC(O)Cc1ccc2c(c1)CCCCN2. The maximum Gasteiger partial charge on any atom is 0.0552 e. The van der Waals surface area contributed by atoms with E-state index in [9.17, 15) is 5.11 Å². The molecule has 1 aromatic carbocycles. The van der Waals surface area contributed by atoms with Gasteiger partial charge in [-0.1, -0.05) is 12.1 Å². The minimum absolute atomic E-state index is 0.248. The maximum atomic E-state index is 9.35. The number of anilines is 1. The lowest BCUT2D eigenvalue weighted by atomic mass is 10.0. The molecule has 1 unspecified atom stereocenters. The number of hydrogen-bond donors (Lipinski definition) is 2. The molecule has 2 nitrogen and oxygen atoms in total. The first-order valence-electron chi connectivity index (χ1n) is 5.79. The van der Waals surface area contributed by atoms with E-state index in [1.165, 1.54) is 29.7 Å². The van der Waals surface area contributed by atoms with Crippen LogP contribution in [0.1, 0.15) is 30.9 Å². The van der Waals surface area contributed by atoms with Crippen LogP contribution >= 0.6 is 0 Å². The van der Waals surface area contributed by atoms with E-state index in [1.807, 2.05) is 6.92 Å². The van der Waals surface area contributed by atoms with Crippen molar-refractivity contribution in [2.75, 3.05) is 11.9 Å². The minimum Gasteiger partial charge on any atom is -0.393 e. The van der Waals surface area contributed by atoms with Crippen molar-refractivity contribution >= 4 is 5.69 Å². The molecule has 1 atom stereocenters. The van der Waals surface area contributed by atoms with Crippen LogP contribution < -0.4 is 5.32 Å². The third kappa shape index (κ3) is 2.72. The molecule has 2 heteroatoms. The van der Waals surface area contributed by atoms with E-state index in [2.05, 4.69) is 23.5 Å². The molecule has 0 radical (unpaired) electrons. The van der Waals surface area contributed by atoms with E-state index < -0.39 is 0 Å². The van der Waals surface area contributed by atoms with Gasteiger partial charge in [-0.25, -0.2) is 0 Å². The van der Waals surface area contributed by atoms with Gasteiger partial charge in [-0.15, -0.1) is 0 Å². The van der Waals surface area contributed by atoms with E-state index in [4.69, 9.17) is 0 Å². The van der Waals surface area contributed by atoms with Crippen LogP contribution in [0.4, 0.5) is 5.69 Å². The molecule has 0 aliphatic carbocycles. The standard InChI is InChI=1S/C13H19NO/c1-10(15)8-11-5-6-13-12(9-11)4-2-3-7-14-13/h5-6,9-10,14-15H,2-4,7-8H2,1H3. The van der Waals surface area contributed by atoms with E-state index >= 15 is 0 Å². The smallest absolute Gasteiger partial charge is 0.0552 e. The molecule has 1 aliphatic rings. The predicted octanol–water partition coefficient (Wildman–Crippen LogP) is 2.36. The predicted molar refractivity (Wildman–Crippen MR) is 63.3 cm³/mol. The van der Waals surface area contributed by atoms with E-state index in [-0.39, 0.29) is 6.10 Å². The molecule has 82 valence electrons. The van der Waals surface area contributed by atoms with Gasteiger partial charge in [-0.3, -0.25) is 0 Å². The second kappa shape index (κ2) is 4.67. The van der Waals surface area contributed by atoms with E-state index in [0.717, 1.165) is 19.4 Å². The van der Waals surface area contributed by atoms with Gasteiger partial charge in [0.25, 0.3) is 0 Å². The second-order valence-electron chi connectivity index (χ2n) is 4.43. The molecule has 0 aromatic heterocycles. The number of hydrogen-bond acceptors (Lipinski definition) is 2. The van der Waals surface area contributed by atoms with Gasteiger partial charge < -0.3 is 10.4 Å². The average Bonchev–Trinajstić information content (AvgIpc) is 2.41. The number of aryl methyl sites for hydroxylation is 1. The summed E-state index contributed by atoms with van der Waals surface area (Å²) in [5, 5.41) is 12.8. The molecule has 2 rings (SSSR count). The van der Waals surface area contributed by atoms with Crippen LogP contribution in [0.25, 0.3) is 0 Å². The summed E-state index contributed by atoms with van der Waals surface area (Å²) in [6.07, 6.45) is 4.18. The van der Waals surface area contributed by atoms with Crippen LogP contribution in [0.2, 0.25) is 0 Å². The molecule has 1 aromatic rings. The maximum absolute atomic E-state index is 9.35. The number of aliphatic hydroxyl groups is 1. The molecule has 0 saturated heterocycles. The molecular formula is C13H19NO. The topological polar surface area (TPSA) is 32.3 Å². The summed E-state index contributed by atoms with van der Waals surface area (Å²) in [6, 6.07) is 6.50. The summed E-state index contributed by atoms with van der Waals surface area (Å²) >= 11 is 0. The number of fused-ring (bicyclic) bond motifs is 1. The summed E-state index contributed by atoms with van der Waals surface area (Å²) in [5.74, 6) is 0. The third-order valence-corrected chi connectivity index (χ3v) is 2.89. The van der Waals surface area contributed by atoms with Gasteiger partial charge in [-0.2, -0.15) is 0 Å². The zero-order valence-electron chi connectivity index (χ0n) is 9.29. The molecule has 1 aliphatic heterocycles. The first kappa shape index (κ1) is 10.5. The van der Waals surface area contributed by atoms with Crippen LogP contribution in [0, 0.1) is 0 Å². The Morgan fingerprint density at radius 3 is 3.07 bits per heavy atom. The van der Waals surface area contributed by atoms with Gasteiger partial charge >= 0.3 is 0 Å². The van der Waals surface area contributed by atoms with E-state index in [1.54, 1.807) is 0 Å². The van der Waals surface area contributed by atoms with Crippen LogP contribution in [0.15, 0.2) is 18.2 Å². The van der Waals surface area contributed by atoms with Crippen LogP contribution in [0.3, 0.4) is 0 Å². The zero-order valence-corrected chi connectivity index (χ0v) is 9.29. The normalized spacial score (nSPS) is 17.5. The lowest BCUT2D eigenvalue weighted by Gasteiger charge is -2.10. The monoisotopic (exact) mass is 205 g/mol. The fraction of sp³-hybridized carbons (Fsp3) is 0.538. The van der Waals surface area contributed by atoms with Crippen molar-refractivity contribution in [1.82, 2.24) is 0 Å². The Morgan fingerprint density at radius 2 is 2.27 bits per heavy atom. The van der Waals surface area contributed by atoms with Gasteiger partial charge in [0.15, 0.2) is 0 Å². The summed E-state index contributed by atoms with van der Waals surface area (Å²) in [4.78, 5) is 0. The molecule has 2 N–H and O–H groups in total. The quantitative estimate of drug-likeness (QED) is 0.777. The fourth-order valence-corrected chi connectivity index (χ4v) is 2.16.